The van der Waals surface area contributed by atoms with E-state index in [1.165, 1.54) is 24.3 Å². The van der Waals surface area contributed by atoms with E-state index in [2.05, 4.69) is 10.6 Å². The fourth-order valence-electron chi connectivity index (χ4n) is 1.96. The lowest BCUT2D eigenvalue weighted by atomic mass is 10.2. The van der Waals surface area contributed by atoms with Crippen LogP contribution in [0.4, 0.5) is 11.4 Å². The van der Waals surface area contributed by atoms with E-state index in [-0.39, 0.29) is 22.8 Å². The van der Waals surface area contributed by atoms with Crippen molar-refractivity contribution in [3.63, 3.8) is 0 Å². The number of ether oxygens (including phenoxy) is 1. The van der Waals surface area contributed by atoms with Gasteiger partial charge in [-0.1, -0.05) is 0 Å². The zero-order chi connectivity index (χ0) is 18.4. The summed E-state index contributed by atoms with van der Waals surface area (Å²) in [7, 11) is 0. The van der Waals surface area contributed by atoms with Crippen LogP contribution in [0.25, 0.3) is 0 Å². The number of carbonyl (C=O) groups is 1. The van der Waals surface area contributed by atoms with Gasteiger partial charge in [-0.25, -0.2) is 0 Å². The van der Waals surface area contributed by atoms with Crippen molar-refractivity contribution in [2.45, 2.75) is 20.0 Å². The van der Waals surface area contributed by atoms with Gasteiger partial charge in [0.1, 0.15) is 5.75 Å². The van der Waals surface area contributed by atoms with Crippen LogP contribution in [-0.2, 0) is 0 Å². The minimum Gasteiger partial charge on any atom is -0.491 e. The van der Waals surface area contributed by atoms with Crippen molar-refractivity contribution in [3.8, 4) is 5.75 Å². The average molecular weight is 359 g/mol. The quantitative estimate of drug-likeness (QED) is 0.482. The van der Waals surface area contributed by atoms with E-state index in [4.69, 9.17) is 17.0 Å². The summed E-state index contributed by atoms with van der Waals surface area (Å²) in [6.45, 7) is 3.84. The van der Waals surface area contributed by atoms with Crippen molar-refractivity contribution in [2.75, 3.05) is 5.32 Å². The highest BCUT2D eigenvalue weighted by Gasteiger charge is 2.09. The second-order valence-electron chi connectivity index (χ2n) is 5.40. The number of nitro groups is 1. The molecule has 0 aromatic heterocycles. The van der Waals surface area contributed by atoms with Gasteiger partial charge in [-0.3, -0.25) is 20.2 Å². The lowest BCUT2D eigenvalue weighted by Gasteiger charge is -2.11. The van der Waals surface area contributed by atoms with Crippen molar-refractivity contribution >= 4 is 34.6 Å². The number of anilines is 1. The SMILES string of the molecule is CC(C)Oc1ccc(C(=O)NC(=S)Nc2ccc([N+](=O)[O-])cc2)cc1. The van der Waals surface area contributed by atoms with E-state index < -0.39 is 4.92 Å². The van der Waals surface area contributed by atoms with Crippen molar-refractivity contribution in [1.82, 2.24) is 5.32 Å². The number of rotatable bonds is 5. The molecule has 0 aliphatic carbocycles. The summed E-state index contributed by atoms with van der Waals surface area (Å²) in [5, 5.41) is 16.1. The minimum atomic E-state index is -0.490. The van der Waals surface area contributed by atoms with Crippen LogP contribution in [0.15, 0.2) is 48.5 Å². The maximum absolute atomic E-state index is 12.2. The van der Waals surface area contributed by atoms with Crippen LogP contribution in [0.3, 0.4) is 0 Å². The van der Waals surface area contributed by atoms with Gasteiger partial charge < -0.3 is 10.1 Å². The van der Waals surface area contributed by atoms with E-state index in [0.29, 0.717) is 17.0 Å². The Morgan fingerprint density at radius 1 is 1.12 bits per heavy atom. The predicted octanol–water partition coefficient (Wildman–Crippen LogP) is 3.51. The van der Waals surface area contributed by atoms with Crippen LogP contribution in [-0.4, -0.2) is 22.0 Å². The average Bonchev–Trinajstić information content (AvgIpc) is 2.55. The molecule has 0 saturated heterocycles. The van der Waals surface area contributed by atoms with Crippen molar-refractivity contribution in [1.29, 1.82) is 0 Å². The molecule has 2 N–H and O–H groups in total. The second kappa shape index (κ2) is 8.20. The van der Waals surface area contributed by atoms with Gasteiger partial charge in [0.05, 0.1) is 11.0 Å². The highest BCUT2D eigenvalue weighted by atomic mass is 32.1. The molecule has 0 radical (unpaired) electrons. The summed E-state index contributed by atoms with van der Waals surface area (Å²) in [6.07, 6.45) is 0.0538. The molecule has 130 valence electrons. The molecule has 0 aliphatic heterocycles. The third-order valence-electron chi connectivity index (χ3n) is 3.05. The molecule has 0 bridgehead atoms. The number of benzene rings is 2. The van der Waals surface area contributed by atoms with Crippen LogP contribution >= 0.6 is 12.2 Å². The van der Waals surface area contributed by atoms with Gasteiger partial charge in [0, 0.05) is 23.4 Å². The lowest BCUT2D eigenvalue weighted by molar-refractivity contribution is -0.384. The maximum Gasteiger partial charge on any atom is 0.269 e. The highest BCUT2D eigenvalue weighted by molar-refractivity contribution is 7.80. The first kappa shape index (κ1) is 18.3. The first-order valence-corrected chi connectivity index (χ1v) is 7.89. The fourth-order valence-corrected chi connectivity index (χ4v) is 2.17. The normalized spacial score (nSPS) is 10.2. The number of hydrogen-bond donors (Lipinski definition) is 2. The zero-order valence-corrected chi connectivity index (χ0v) is 14.5. The molecule has 25 heavy (non-hydrogen) atoms. The summed E-state index contributed by atoms with van der Waals surface area (Å²) in [4.78, 5) is 22.3. The van der Waals surface area contributed by atoms with Gasteiger partial charge in [-0.05, 0) is 62.5 Å². The maximum atomic E-state index is 12.2. The Morgan fingerprint density at radius 2 is 1.72 bits per heavy atom. The van der Waals surface area contributed by atoms with Gasteiger partial charge in [-0.2, -0.15) is 0 Å². The van der Waals surface area contributed by atoms with E-state index >= 15 is 0 Å². The van der Waals surface area contributed by atoms with Crippen LogP contribution < -0.4 is 15.4 Å². The first-order chi connectivity index (χ1) is 11.8. The summed E-state index contributed by atoms with van der Waals surface area (Å²) in [5.41, 5.74) is 0.949. The van der Waals surface area contributed by atoms with Gasteiger partial charge in [0.2, 0.25) is 0 Å². The molecule has 0 fully saturated rings. The Labute approximate surface area is 150 Å². The molecular formula is C17H17N3O4S. The minimum absolute atomic E-state index is 0.0239. The summed E-state index contributed by atoms with van der Waals surface area (Å²) < 4.78 is 5.52. The van der Waals surface area contributed by atoms with Gasteiger partial charge in [-0.15, -0.1) is 0 Å². The molecule has 0 atom stereocenters. The molecule has 2 rings (SSSR count). The van der Waals surface area contributed by atoms with E-state index in [9.17, 15) is 14.9 Å². The Balaban J connectivity index is 1.93. The number of non-ortho nitro benzene ring substituents is 1. The van der Waals surface area contributed by atoms with Crippen molar-refractivity contribution in [2.24, 2.45) is 0 Å². The number of nitrogens with one attached hydrogen (secondary N) is 2. The first-order valence-electron chi connectivity index (χ1n) is 7.48. The smallest absolute Gasteiger partial charge is 0.269 e. The molecule has 0 aliphatic rings. The van der Waals surface area contributed by atoms with Crippen molar-refractivity contribution < 1.29 is 14.5 Å². The fraction of sp³-hybridized carbons (Fsp3) is 0.176. The van der Waals surface area contributed by atoms with Crippen LogP contribution in [0.5, 0.6) is 5.75 Å². The number of carbonyl (C=O) groups excluding carboxylic acids is 1. The van der Waals surface area contributed by atoms with Gasteiger partial charge in [0.15, 0.2) is 5.11 Å². The predicted molar refractivity (Wildman–Crippen MR) is 99.0 cm³/mol. The van der Waals surface area contributed by atoms with Crippen LogP contribution in [0, 0.1) is 10.1 Å². The lowest BCUT2D eigenvalue weighted by Crippen LogP contribution is -2.34. The van der Waals surface area contributed by atoms with E-state index in [1.807, 2.05) is 13.8 Å². The largest absolute Gasteiger partial charge is 0.491 e. The Kier molecular flexibility index (Phi) is 6.02. The third-order valence-corrected chi connectivity index (χ3v) is 3.26. The van der Waals surface area contributed by atoms with Gasteiger partial charge in [0.25, 0.3) is 11.6 Å². The number of thiocarbonyl (C=S) groups is 1. The Bertz CT molecular complexity index is 773. The Morgan fingerprint density at radius 3 is 2.24 bits per heavy atom. The molecule has 8 heteroatoms. The van der Waals surface area contributed by atoms with Crippen LogP contribution in [0.1, 0.15) is 24.2 Å². The molecule has 2 aromatic rings. The molecular weight excluding hydrogens is 342 g/mol. The zero-order valence-electron chi connectivity index (χ0n) is 13.7. The summed E-state index contributed by atoms with van der Waals surface area (Å²) >= 11 is 5.08. The number of hydrogen-bond acceptors (Lipinski definition) is 5. The standard InChI is InChI=1S/C17H17N3O4S/c1-11(2)24-15-9-3-12(4-10-15)16(21)19-17(25)18-13-5-7-14(8-6-13)20(22)23/h3-11H,1-2H3,(H2,18,19,21,25). The number of nitro benzene ring substituents is 1. The number of nitrogens with zero attached hydrogens (tertiary/aromatic N) is 1. The highest BCUT2D eigenvalue weighted by Crippen LogP contribution is 2.16. The molecule has 0 spiro atoms. The van der Waals surface area contributed by atoms with E-state index in [0.717, 1.165) is 0 Å². The van der Waals surface area contributed by atoms with Gasteiger partial charge >= 0.3 is 0 Å². The third kappa shape index (κ3) is 5.54. The second-order valence-corrected chi connectivity index (χ2v) is 5.81. The van der Waals surface area contributed by atoms with Crippen LogP contribution in [0.2, 0.25) is 0 Å². The Hall–Kier alpha value is -3.00. The molecule has 0 saturated carbocycles. The van der Waals surface area contributed by atoms with E-state index in [1.54, 1.807) is 24.3 Å². The molecule has 0 unspecified atom stereocenters. The molecule has 7 nitrogen and oxygen atoms in total. The monoisotopic (exact) mass is 359 g/mol. The molecule has 2 aromatic carbocycles. The molecule has 1 amide bonds. The summed E-state index contributed by atoms with van der Waals surface area (Å²) in [6, 6.07) is 12.4. The number of amides is 1. The molecule has 0 heterocycles. The topological polar surface area (TPSA) is 93.5 Å². The van der Waals surface area contributed by atoms with Crippen molar-refractivity contribution in [3.05, 3.63) is 64.2 Å². The summed E-state index contributed by atoms with van der Waals surface area (Å²) in [5.74, 6) is 0.314.